The minimum absolute atomic E-state index is 0.0584. The van der Waals surface area contributed by atoms with E-state index in [0.29, 0.717) is 19.0 Å². The lowest BCUT2D eigenvalue weighted by atomic mass is 10.1. The Labute approximate surface area is 126 Å². The van der Waals surface area contributed by atoms with Crippen molar-refractivity contribution in [1.82, 2.24) is 10.2 Å². The molecule has 1 amide bonds. The topological polar surface area (TPSA) is 71.5 Å². The van der Waals surface area contributed by atoms with Crippen molar-refractivity contribution in [3.8, 4) is 0 Å². The van der Waals surface area contributed by atoms with Gasteiger partial charge in [-0.1, -0.05) is 0 Å². The van der Waals surface area contributed by atoms with E-state index < -0.39 is 0 Å². The molecule has 0 bridgehead atoms. The average molecular weight is 293 g/mol. The minimum Gasteiger partial charge on any atom is -0.468 e. The Morgan fingerprint density at radius 2 is 2.24 bits per heavy atom. The fourth-order valence-corrected chi connectivity index (χ4v) is 2.56. The van der Waals surface area contributed by atoms with Crippen LogP contribution in [0.25, 0.3) is 0 Å². The summed E-state index contributed by atoms with van der Waals surface area (Å²) in [5.74, 6) is 0.986. The van der Waals surface area contributed by atoms with Gasteiger partial charge in [0, 0.05) is 30.6 Å². The number of hydrogen-bond donors (Lipinski definition) is 2. The second kappa shape index (κ2) is 6.62. The molecular weight excluding hydrogens is 266 g/mol. The van der Waals surface area contributed by atoms with Crippen molar-refractivity contribution in [3.05, 3.63) is 24.2 Å². The smallest absolute Gasteiger partial charge is 0.222 e. The van der Waals surface area contributed by atoms with Gasteiger partial charge in [-0.15, -0.1) is 0 Å². The second-order valence-electron chi connectivity index (χ2n) is 6.87. The molecule has 5 nitrogen and oxygen atoms in total. The first-order valence-electron chi connectivity index (χ1n) is 7.68. The van der Waals surface area contributed by atoms with Crippen LogP contribution in [-0.4, -0.2) is 35.0 Å². The summed E-state index contributed by atoms with van der Waals surface area (Å²) in [5, 5.41) is 3.01. The van der Waals surface area contributed by atoms with Crippen LogP contribution in [0.4, 0.5) is 0 Å². The summed E-state index contributed by atoms with van der Waals surface area (Å²) >= 11 is 0. The van der Waals surface area contributed by atoms with Gasteiger partial charge in [0.1, 0.15) is 5.76 Å². The van der Waals surface area contributed by atoms with E-state index >= 15 is 0 Å². The maximum atomic E-state index is 12.2. The largest absolute Gasteiger partial charge is 0.468 e. The minimum atomic E-state index is -0.207. The highest BCUT2D eigenvalue weighted by atomic mass is 16.3. The lowest BCUT2D eigenvalue weighted by Crippen LogP contribution is -2.47. The molecule has 3 N–H and O–H groups in total. The van der Waals surface area contributed by atoms with Crippen molar-refractivity contribution < 1.29 is 9.21 Å². The Morgan fingerprint density at radius 1 is 1.52 bits per heavy atom. The Kier molecular flexibility index (Phi) is 5.06. The van der Waals surface area contributed by atoms with Gasteiger partial charge in [-0.2, -0.15) is 0 Å². The van der Waals surface area contributed by atoms with Gasteiger partial charge in [0.15, 0.2) is 0 Å². The highest BCUT2D eigenvalue weighted by Crippen LogP contribution is 2.31. The summed E-state index contributed by atoms with van der Waals surface area (Å²) in [7, 11) is 0. The molecule has 1 saturated carbocycles. The standard InChI is InChI=1S/C16H27N3O2/c1-16(2,3)18-15(20)9-13(10-17)19(12-6-7-12)11-14-5-4-8-21-14/h4-5,8,12-13H,6-7,9-11,17H2,1-3H3,(H,18,20). The van der Waals surface area contributed by atoms with Crippen LogP contribution < -0.4 is 11.1 Å². The Bertz CT molecular complexity index is 447. The number of carbonyl (C=O) groups is 1. The molecule has 118 valence electrons. The van der Waals surface area contributed by atoms with Crippen LogP contribution in [0.1, 0.15) is 45.8 Å². The SMILES string of the molecule is CC(C)(C)NC(=O)CC(CN)N(Cc1ccco1)C1CC1. The van der Waals surface area contributed by atoms with Gasteiger partial charge in [-0.05, 0) is 45.7 Å². The highest BCUT2D eigenvalue weighted by molar-refractivity contribution is 5.77. The van der Waals surface area contributed by atoms with Crippen LogP contribution in [0.2, 0.25) is 0 Å². The predicted molar refractivity (Wildman–Crippen MR) is 82.6 cm³/mol. The predicted octanol–water partition coefficient (Wildman–Crippen LogP) is 1.88. The van der Waals surface area contributed by atoms with E-state index in [0.717, 1.165) is 12.3 Å². The molecule has 1 heterocycles. The summed E-state index contributed by atoms with van der Waals surface area (Å²) in [6.45, 7) is 7.18. The second-order valence-corrected chi connectivity index (χ2v) is 6.87. The van der Waals surface area contributed by atoms with E-state index in [1.165, 1.54) is 12.8 Å². The molecule has 1 fully saturated rings. The van der Waals surface area contributed by atoms with E-state index in [1.807, 2.05) is 32.9 Å². The molecule has 5 heteroatoms. The third-order valence-electron chi connectivity index (χ3n) is 3.61. The third kappa shape index (κ3) is 5.17. The lowest BCUT2D eigenvalue weighted by Gasteiger charge is -2.31. The highest BCUT2D eigenvalue weighted by Gasteiger charge is 2.35. The molecule has 1 atom stereocenters. The maximum absolute atomic E-state index is 12.2. The number of nitrogens with one attached hydrogen (secondary N) is 1. The first-order valence-corrected chi connectivity index (χ1v) is 7.68. The zero-order valence-corrected chi connectivity index (χ0v) is 13.3. The summed E-state index contributed by atoms with van der Waals surface area (Å²) in [4.78, 5) is 14.5. The third-order valence-corrected chi connectivity index (χ3v) is 3.61. The number of furan rings is 1. The van der Waals surface area contributed by atoms with Gasteiger partial charge in [0.2, 0.25) is 5.91 Å². The average Bonchev–Trinajstić information content (AvgIpc) is 3.09. The number of rotatable bonds is 7. The van der Waals surface area contributed by atoms with E-state index in [2.05, 4.69) is 10.2 Å². The molecule has 1 aromatic heterocycles. The molecule has 2 rings (SSSR count). The van der Waals surface area contributed by atoms with Crippen molar-refractivity contribution in [2.75, 3.05) is 6.54 Å². The molecule has 0 aromatic carbocycles. The first kappa shape index (κ1) is 16.0. The number of amides is 1. The van der Waals surface area contributed by atoms with E-state index in [-0.39, 0.29) is 17.5 Å². The fraction of sp³-hybridized carbons (Fsp3) is 0.688. The summed E-state index contributed by atoms with van der Waals surface area (Å²) in [5.41, 5.74) is 5.72. The van der Waals surface area contributed by atoms with Crippen molar-refractivity contribution >= 4 is 5.91 Å². The van der Waals surface area contributed by atoms with Gasteiger partial charge < -0.3 is 15.5 Å². The maximum Gasteiger partial charge on any atom is 0.222 e. The quantitative estimate of drug-likeness (QED) is 0.805. The van der Waals surface area contributed by atoms with E-state index in [9.17, 15) is 4.79 Å². The molecule has 1 aliphatic rings. The normalized spacial score (nSPS) is 17.0. The van der Waals surface area contributed by atoms with Crippen LogP contribution in [0.5, 0.6) is 0 Å². The first-order chi connectivity index (χ1) is 9.89. The molecule has 1 unspecified atom stereocenters. The Hall–Kier alpha value is -1.33. The Morgan fingerprint density at radius 3 is 2.71 bits per heavy atom. The molecule has 1 aliphatic carbocycles. The van der Waals surface area contributed by atoms with Crippen LogP contribution >= 0.6 is 0 Å². The molecule has 0 saturated heterocycles. The van der Waals surface area contributed by atoms with Crippen LogP contribution in [0.15, 0.2) is 22.8 Å². The summed E-state index contributed by atoms with van der Waals surface area (Å²) in [6, 6.07) is 4.46. The molecule has 0 aliphatic heterocycles. The molecule has 21 heavy (non-hydrogen) atoms. The van der Waals surface area contributed by atoms with Crippen LogP contribution in [0.3, 0.4) is 0 Å². The van der Waals surface area contributed by atoms with Crippen LogP contribution in [-0.2, 0) is 11.3 Å². The van der Waals surface area contributed by atoms with Crippen molar-refractivity contribution in [3.63, 3.8) is 0 Å². The number of carbonyl (C=O) groups excluding carboxylic acids is 1. The molecule has 0 spiro atoms. The molecule has 0 radical (unpaired) electrons. The number of nitrogens with two attached hydrogens (primary N) is 1. The van der Waals surface area contributed by atoms with Gasteiger partial charge >= 0.3 is 0 Å². The van der Waals surface area contributed by atoms with E-state index in [1.54, 1.807) is 6.26 Å². The van der Waals surface area contributed by atoms with Crippen molar-refractivity contribution in [2.45, 2.75) is 64.2 Å². The Balaban J connectivity index is 1.97. The van der Waals surface area contributed by atoms with Crippen molar-refractivity contribution in [1.29, 1.82) is 0 Å². The van der Waals surface area contributed by atoms with Gasteiger partial charge in [0.25, 0.3) is 0 Å². The van der Waals surface area contributed by atoms with Gasteiger partial charge in [-0.25, -0.2) is 0 Å². The van der Waals surface area contributed by atoms with Crippen molar-refractivity contribution in [2.24, 2.45) is 5.73 Å². The monoisotopic (exact) mass is 293 g/mol. The summed E-state index contributed by atoms with van der Waals surface area (Å²) in [6.07, 6.45) is 4.48. The number of hydrogen-bond acceptors (Lipinski definition) is 4. The molecule has 1 aromatic rings. The lowest BCUT2D eigenvalue weighted by molar-refractivity contribution is -0.123. The van der Waals surface area contributed by atoms with Crippen LogP contribution in [0, 0.1) is 0 Å². The zero-order valence-electron chi connectivity index (χ0n) is 13.3. The zero-order chi connectivity index (χ0) is 15.5. The van der Waals surface area contributed by atoms with E-state index in [4.69, 9.17) is 10.2 Å². The number of nitrogens with zero attached hydrogens (tertiary/aromatic N) is 1. The van der Waals surface area contributed by atoms with Gasteiger partial charge in [0.05, 0.1) is 12.8 Å². The fourth-order valence-electron chi connectivity index (χ4n) is 2.56. The summed E-state index contributed by atoms with van der Waals surface area (Å²) < 4.78 is 5.44. The van der Waals surface area contributed by atoms with Gasteiger partial charge in [-0.3, -0.25) is 9.69 Å². The molecular formula is C16H27N3O2.